The first-order chi connectivity index (χ1) is 15.9. The molecule has 0 saturated carbocycles. The van der Waals surface area contributed by atoms with Crippen molar-refractivity contribution in [2.24, 2.45) is 5.92 Å². The third-order valence-corrected chi connectivity index (χ3v) is 6.46. The van der Waals surface area contributed by atoms with Crippen molar-refractivity contribution in [3.8, 4) is 0 Å². The first-order valence-corrected chi connectivity index (χ1v) is 11.9. The molecular formula is C27H27N3O2S. The third-order valence-electron chi connectivity index (χ3n) is 5.51. The van der Waals surface area contributed by atoms with Crippen LogP contribution in [-0.4, -0.2) is 22.8 Å². The van der Waals surface area contributed by atoms with Crippen LogP contribution >= 0.6 is 11.3 Å². The van der Waals surface area contributed by atoms with Gasteiger partial charge in [-0.25, -0.2) is 4.98 Å². The van der Waals surface area contributed by atoms with Gasteiger partial charge in [-0.1, -0.05) is 74.5 Å². The Bertz CT molecular complexity index is 1260. The molecule has 6 heteroatoms. The van der Waals surface area contributed by atoms with E-state index in [-0.39, 0.29) is 24.2 Å². The number of hydrogen-bond acceptors (Lipinski definition) is 4. The summed E-state index contributed by atoms with van der Waals surface area (Å²) in [5.74, 6) is -0.472. The number of anilines is 2. The van der Waals surface area contributed by atoms with Crippen LogP contribution in [0.5, 0.6) is 0 Å². The minimum Gasteiger partial charge on any atom is -0.344 e. The predicted octanol–water partition coefficient (Wildman–Crippen LogP) is 5.65. The quantitative estimate of drug-likeness (QED) is 0.390. The number of aryl methyl sites for hydroxylation is 1. The fourth-order valence-corrected chi connectivity index (χ4v) is 4.68. The first kappa shape index (κ1) is 22.7. The summed E-state index contributed by atoms with van der Waals surface area (Å²) in [6.45, 7) is 5.79. The summed E-state index contributed by atoms with van der Waals surface area (Å²) in [7, 11) is 0. The standard InChI is InChI=1S/C27H27N3O2S/c1-18(2)25(29-24(31)16-21-12-9-11-20-10-7-8-15-23(20)21)26(32)30(22-13-5-4-6-14-22)27-28-19(3)17-33-27/h4-15,17-18,25H,16H2,1-3H3,(H,29,31). The van der Waals surface area contributed by atoms with Gasteiger partial charge in [0.1, 0.15) is 6.04 Å². The SMILES string of the molecule is Cc1csc(N(C(=O)C(NC(=O)Cc2cccc3ccccc23)C(C)C)c2ccccc2)n1. The number of para-hydroxylation sites is 1. The van der Waals surface area contributed by atoms with Crippen molar-refractivity contribution in [3.05, 3.63) is 89.4 Å². The summed E-state index contributed by atoms with van der Waals surface area (Å²) in [6.07, 6.45) is 0.208. The minimum atomic E-state index is -0.683. The zero-order chi connectivity index (χ0) is 23.4. The molecule has 1 N–H and O–H groups in total. The van der Waals surface area contributed by atoms with E-state index in [0.29, 0.717) is 5.13 Å². The summed E-state index contributed by atoms with van der Waals surface area (Å²) in [4.78, 5) is 33.0. The Balaban J connectivity index is 1.60. The molecular weight excluding hydrogens is 430 g/mol. The van der Waals surface area contributed by atoms with Crippen LogP contribution in [0.4, 0.5) is 10.8 Å². The lowest BCUT2D eigenvalue weighted by molar-refractivity contribution is -0.127. The highest BCUT2D eigenvalue weighted by Gasteiger charge is 2.32. The maximum Gasteiger partial charge on any atom is 0.256 e. The Morgan fingerprint density at radius 2 is 1.67 bits per heavy atom. The van der Waals surface area contributed by atoms with E-state index in [1.165, 1.54) is 11.3 Å². The summed E-state index contributed by atoms with van der Waals surface area (Å²) in [5, 5.41) is 7.66. The molecule has 0 aliphatic carbocycles. The van der Waals surface area contributed by atoms with E-state index in [2.05, 4.69) is 10.3 Å². The average Bonchev–Trinajstić information content (AvgIpc) is 3.24. The van der Waals surface area contributed by atoms with Crippen LogP contribution in [0.1, 0.15) is 25.1 Å². The highest BCUT2D eigenvalue weighted by molar-refractivity contribution is 7.14. The molecule has 1 atom stereocenters. The van der Waals surface area contributed by atoms with Crippen molar-refractivity contribution in [1.82, 2.24) is 10.3 Å². The Labute approximate surface area is 198 Å². The first-order valence-electron chi connectivity index (χ1n) is 11.0. The van der Waals surface area contributed by atoms with Crippen LogP contribution in [0.25, 0.3) is 10.8 Å². The molecule has 5 nitrogen and oxygen atoms in total. The molecule has 168 valence electrons. The molecule has 1 unspecified atom stereocenters. The smallest absolute Gasteiger partial charge is 0.256 e. The zero-order valence-electron chi connectivity index (χ0n) is 19.0. The van der Waals surface area contributed by atoms with Gasteiger partial charge in [-0.15, -0.1) is 11.3 Å². The second-order valence-corrected chi connectivity index (χ2v) is 9.22. The van der Waals surface area contributed by atoms with Crippen LogP contribution in [0.3, 0.4) is 0 Å². The van der Waals surface area contributed by atoms with Crippen molar-refractivity contribution < 1.29 is 9.59 Å². The summed E-state index contributed by atoms with van der Waals surface area (Å²) in [5.41, 5.74) is 2.52. The molecule has 0 radical (unpaired) electrons. The van der Waals surface area contributed by atoms with Crippen molar-refractivity contribution in [1.29, 1.82) is 0 Å². The molecule has 0 spiro atoms. The lowest BCUT2D eigenvalue weighted by atomic mass is 10.00. The number of benzene rings is 3. The van der Waals surface area contributed by atoms with Crippen LogP contribution in [0.2, 0.25) is 0 Å². The average molecular weight is 458 g/mol. The predicted molar refractivity (Wildman–Crippen MR) is 135 cm³/mol. The van der Waals surface area contributed by atoms with Crippen molar-refractivity contribution in [3.63, 3.8) is 0 Å². The van der Waals surface area contributed by atoms with Gasteiger partial charge >= 0.3 is 0 Å². The fraction of sp³-hybridized carbons (Fsp3) is 0.222. The van der Waals surface area contributed by atoms with Crippen LogP contribution in [-0.2, 0) is 16.0 Å². The molecule has 0 aliphatic rings. The van der Waals surface area contributed by atoms with Gasteiger partial charge in [0.15, 0.2) is 5.13 Å². The number of carbonyl (C=O) groups is 2. The molecule has 0 bridgehead atoms. The summed E-state index contributed by atoms with van der Waals surface area (Å²) >= 11 is 1.41. The number of rotatable bonds is 7. The monoisotopic (exact) mass is 457 g/mol. The van der Waals surface area contributed by atoms with E-state index < -0.39 is 6.04 Å². The number of nitrogens with one attached hydrogen (secondary N) is 1. The Kier molecular flexibility index (Phi) is 6.84. The Morgan fingerprint density at radius 1 is 0.970 bits per heavy atom. The van der Waals surface area contributed by atoms with Crippen LogP contribution in [0, 0.1) is 12.8 Å². The number of hydrogen-bond donors (Lipinski definition) is 1. The van der Waals surface area contributed by atoms with Gasteiger partial charge in [-0.05, 0) is 41.3 Å². The van der Waals surface area contributed by atoms with Gasteiger partial charge in [-0.3, -0.25) is 14.5 Å². The molecule has 0 fully saturated rings. The summed E-state index contributed by atoms with van der Waals surface area (Å²) < 4.78 is 0. The van der Waals surface area contributed by atoms with E-state index >= 15 is 0 Å². The van der Waals surface area contributed by atoms with Crippen molar-refractivity contribution in [2.45, 2.75) is 33.2 Å². The van der Waals surface area contributed by atoms with E-state index in [1.807, 2.05) is 98.9 Å². The number of aromatic nitrogens is 1. The second kappa shape index (κ2) is 9.96. The Hall–Kier alpha value is -3.51. The molecule has 3 aromatic carbocycles. The van der Waals surface area contributed by atoms with Gasteiger partial charge in [-0.2, -0.15) is 0 Å². The highest BCUT2D eigenvalue weighted by atomic mass is 32.1. The van der Waals surface area contributed by atoms with Crippen molar-refractivity contribution >= 4 is 44.7 Å². The summed E-state index contributed by atoms with van der Waals surface area (Å²) in [6, 6.07) is 22.7. The van der Waals surface area contributed by atoms with Crippen LogP contribution < -0.4 is 10.2 Å². The van der Waals surface area contributed by atoms with E-state index in [4.69, 9.17) is 0 Å². The maximum atomic E-state index is 13.8. The molecule has 33 heavy (non-hydrogen) atoms. The lowest BCUT2D eigenvalue weighted by Crippen LogP contribution is -2.50. The van der Waals surface area contributed by atoms with E-state index in [0.717, 1.165) is 27.7 Å². The van der Waals surface area contributed by atoms with Gasteiger partial charge < -0.3 is 5.32 Å². The Morgan fingerprint density at radius 3 is 2.36 bits per heavy atom. The number of thiazole rings is 1. The van der Waals surface area contributed by atoms with Gasteiger partial charge in [0.05, 0.1) is 17.8 Å². The number of fused-ring (bicyclic) bond motifs is 1. The number of carbonyl (C=O) groups excluding carboxylic acids is 2. The van der Waals surface area contributed by atoms with E-state index in [1.54, 1.807) is 4.90 Å². The largest absolute Gasteiger partial charge is 0.344 e. The molecule has 1 aromatic heterocycles. The van der Waals surface area contributed by atoms with Crippen LogP contribution in [0.15, 0.2) is 78.2 Å². The molecule has 0 saturated heterocycles. The van der Waals surface area contributed by atoms with Gasteiger partial charge in [0.2, 0.25) is 5.91 Å². The number of amides is 2. The lowest BCUT2D eigenvalue weighted by Gasteiger charge is -2.28. The third kappa shape index (κ3) is 5.12. The molecule has 2 amide bonds. The van der Waals surface area contributed by atoms with Crippen molar-refractivity contribution in [2.75, 3.05) is 4.90 Å². The maximum absolute atomic E-state index is 13.8. The molecule has 0 aliphatic heterocycles. The topological polar surface area (TPSA) is 62.3 Å². The fourth-order valence-electron chi connectivity index (χ4n) is 3.85. The number of nitrogens with zero attached hydrogens (tertiary/aromatic N) is 2. The van der Waals surface area contributed by atoms with E-state index in [9.17, 15) is 9.59 Å². The molecule has 1 heterocycles. The zero-order valence-corrected chi connectivity index (χ0v) is 19.8. The highest BCUT2D eigenvalue weighted by Crippen LogP contribution is 2.30. The minimum absolute atomic E-state index is 0.0961. The molecule has 4 aromatic rings. The molecule has 4 rings (SSSR count). The van der Waals surface area contributed by atoms with Gasteiger partial charge in [0, 0.05) is 5.38 Å². The second-order valence-electron chi connectivity index (χ2n) is 8.38. The normalized spacial score (nSPS) is 12.0. The van der Waals surface area contributed by atoms with Gasteiger partial charge in [0.25, 0.3) is 5.91 Å².